The molecule has 1 aliphatic carbocycles. The van der Waals surface area contributed by atoms with Crippen molar-refractivity contribution in [3.8, 4) is 0 Å². The highest BCUT2D eigenvalue weighted by Crippen LogP contribution is 2.41. The summed E-state index contributed by atoms with van der Waals surface area (Å²) < 4.78 is 12.5. The van der Waals surface area contributed by atoms with Crippen molar-refractivity contribution >= 4 is 5.97 Å². The summed E-state index contributed by atoms with van der Waals surface area (Å²) >= 11 is 0. The molecule has 2 unspecified atom stereocenters. The van der Waals surface area contributed by atoms with Gasteiger partial charge < -0.3 is 5.11 Å². The number of aromatic nitrogens is 1. The summed E-state index contributed by atoms with van der Waals surface area (Å²) in [6.07, 6.45) is 2.65. The van der Waals surface area contributed by atoms with E-state index in [1.54, 1.807) is 6.07 Å². The van der Waals surface area contributed by atoms with Crippen LogP contribution in [-0.4, -0.2) is 16.1 Å². The zero-order valence-electron chi connectivity index (χ0n) is 7.48. The van der Waals surface area contributed by atoms with Gasteiger partial charge in [-0.15, -0.1) is 0 Å². The van der Waals surface area contributed by atoms with E-state index in [0.29, 0.717) is 12.1 Å². The van der Waals surface area contributed by atoms with E-state index in [-0.39, 0.29) is 17.7 Å². The van der Waals surface area contributed by atoms with E-state index < -0.39 is 5.97 Å². The normalized spacial score (nSPS) is 25.5. The molecule has 1 fully saturated rings. The number of nitrogens with zero attached hydrogens (tertiary/aromatic N) is 1. The summed E-state index contributed by atoms with van der Waals surface area (Å²) in [5.41, 5.74) is 0.685. The maximum atomic E-state index is 12.5. The standard InChI is InChI=1S/C10H10FNO2/c11-6-1-4-9(12-5-6)7-2-3-8(7)10(13)14/h1,4-5,7-8H,2-3H2,(H,13,14). The van der Waals surface area contributed by atoms with Crippen LogP contribution in [0.25, 0.3) is 0 Å². The predicted octanol–water partition coefficient (Wildman–Crippen LogP) is 1.80. The van der Waals surface area contributed by atoms with Crippen LogP contribution >= 0.6 is 0 Å². The number of halogens is 1. The summed E-state index contributed by atoms with van der Waals surface area (Å²) in [5, 5.41) is 8.82. The smallest absolute Gasteiger partial charge is 0.307 e. The molecule has 1 saturated carbocycles. The van der Waals surface area contributed by atoms with Gasteiger partial charge in [-0.05, 0) is 25.0 Å². The molecule has 0 spiro atoms. The molecule has 0 radical (unpaired) electrons. The fraction of sp³-hybridized carbons (Fsp3) is 0.400. The first kappa shape index (κ1) is 9.12. The molecule has 1 aromatic rings. The second-order valence-electron chi connectivity index (χ2n) is 3.53. The number of rotatable bonds is 2. The highest BCUT2D eigenvalue weighted by Gasteiger charge is 2.38. The van der Waals surface area contributed by atoms with E-state index in [9.17, 15) is 9.18 Å². The van der Waals surface area contributed by atoms with E-state index in [0.717, 1.165) is 12.6 Å². The van der Waals surface area contributed by atoms with E-state index in [4.69, 9.17) is 5.11 Å². The minimum Gasteiger partial charge on any atom is -0.481 e. The van der Waals surface area contributed by atoms with Gasteiger partial charge in [-0.1, -0.05) is 0 Å². The maximum absolute atomic E-state index is 12.5. The van der Waals surface area contributed by atoms with Gasteiger partial charge in [0.25, 0.3) is 0 Å². The second kappa shape index (κ2) is 3.36. The number of carbonyl (C=O) groups is 1. The highest BCUT2D eigenvalue weighted by molar-refractivity contribution is 5.72. The Morgan fingerprint density at radius 3 is 2.71 bits per heavy atom. The molecule has 0 aliphatic heterocycles. The van der Waals surface area contributed by atoms with Gasteiger partial charge in [0.2, 0.25) is 0 Å². The van der Waals surface area contributed by atoms with Crippen molar-refractivity contribution in [1.82, 2.24) is 4.98 Å². The average molecular weight is 195 g/mol. The van der Waals surface area contributed by atoms with Crippen LogP contribution in [0.4, 0.5) is 4.39 Å². The van der Waals surface area contributed by atoms with E-state index in [1.807, 2.05) is 0 Å². The van der Waals surface area contributed by atoms with Gasteiger partial charge in [-0.2, -0.15) is 0 Å². The van der Waals surface area contributed by atoms with Crippen molar-refractivity contribution in [2.45, 2.75) is 18.8 Å². The average Bonchev–Trinajstić information content (AvgIpc) is 2.05. The molecule has 2 atom stereocenters. The molecule has 0 bridgehead atoms. The van der Waals surface area contributed by atoms with Crippen LogP contribution in [0.1, 0.15) is 24.5 Å². The molecule has 74 valence electrons. The van der Waals surface area contributed by atoms with Crippen LogP contribution < -0.4 is 0 Å². The lowest BCUT2D eigenvalue weighted by molar-refractivity contribution is -0.145. The third kappa shape index (κ3) is 1.47. The van der Waals surface area contributed by atoms with Crippen LogP contribution in [0.3, 0.4) is 0 Å². The zero-order chi connectivity index (χ0) is 10.1. The van der Waals surface area contributed by atoms with Crippen LogP contribution in [0.5, 0.6) is 0 Å². The summed E-state index contributed by atoms with van der Waals surface area (Å²) in [5.74, 6) is -1.55. The molecule has 0 aromatic carbocycles. The Hall–Kier alpha value is -1.45. The third-order valence-corrected chi connectivity index (χ3v) is 2.72. The third-order valence-electron chi connectivity index (χ3n) is 2.72. The zero-order valence-corrected chi connectivity index (χ0v) is 7.48. The van der Waals surface area contributed by atoms with Gasteiger partial charge in [0.1, 0.15) is 5.82 Å². The minimum atomic E-state index is -0.785. The molecular weight excluding hydrogens is 185 g/mol. The van der Waals surface area contributed by atoms with Gasteiger partial charge in [-0.3, -0.25) is 9.78 Å². The van der Waals surface area contributed by atoms with Crippen LogP contribution in [-0.2, 0) is 4.79 Å². The number of carboxylic acids is 1. The van der Waals surface area contributed by atoms with E-state index in [1.165, 1.54) is 6.07 Å². The van der Waals surface area contributed by atoms with Crippen LogP contribution in [0, 0.1) is 11.7 Å². The molecule has 4 heteroatoms. The Morgan fingerprint density at radius 1 is 1.50 bits per heavy atom. The molecule has 0 saturated heterocycles. The quantitative estimate of drug-likeness (QED) is 0.782. The number of aliphatic carboxylic acids is 1. The SMILES string of the molecule is O=C(O)C1CCC1c1ccc(F)cn1. The predicted molar refractivity (Wildman–Crippen MR) is 47.3 cm³/mol. The molecule has 0 amide bonds. The van der Waals surface area contributed by atoms with Crippen molar-refractivity contribution in [2.75, 3.05) is 0 Å². The van der Waals surface area contributed by atoms with Gasteiger partial charge in [0, 0.05) is 11.6 Å². The van der Waals surface area contributed by atoms with E-state index in [2.05, 4.69) is 4.98 Å². The maximum Gasteiger partial charge on any atom is 0.307 e. The number of pyridine rings is 1. The Bertz CT molecular complexity index is 350. The minimum absolute atomic E-state index is 0.0342. The fourth-order valence-corrected chi connectivity index (χ4v) is 1.76. The number of hydrogen-bond donors (Lipinski definition) is 1. The monoisotopic (exact) mass is 195 g/mol. The first-order chi connectivity index (χ1) is 6.68. The first-order valence-corrected chi connectivity index (χ1v) is 4.53. The molecule has 1 aliphatic rings. The lowest BCUT2D eigenvalue weighted by atomic mass is 9.72. The molecule has 1 aromatic heterocycles. The van der Waals surface area contributed by atoms with Crippen LogP contribution in [0.2, 0.25) is 0 Å². The molecule has 2 rings (SSSR count). The Kier molecular flexibility index (Phi) is 2.19. The lowest BCUT2D eigenvalue weighted by Crippen LogP contribution is -2.31. The fourth-order valence-electron chi connectivity index (χ4n) is 1.76. The van der Waals surface area contributed by atoms with Crippen molar-refractivity contribution < 1.29 is 14.3 Å². The van der Waals surface area contributed by atoms with E-state index >= 15 is 0 Å². The summed E-state index contributed by atoms with van der Waals surface area (Å²) in [7, 11) is 0. The summed E-state index contributed by atoms with van der Waals surface area (Å²) in [6.45, 7) is 0. The topological polar surface area (TPSA) is 50.2 Å². The van der Waals surface area contributed by atoms with Gasteiger partial charge in [0.05, 0.1) is 12.1 Å². The van der Waals surface area contributed by atoms with Crippen molar-refractivity contribution in [3.05, 3.63) is 29.8 Å². The molecule has 14 heavy (non-hydrogen) atoms. The number of carboxylic acid groups (broad SMARTS) is 1. The summed E-state index contributed by atoms with van der Waals surface area (Å²) in [4.78, 5) is 14.6. The second-order valence-corrected chi connectivity index (χ2v) is 3.53. The lowest BCUT2D eigenvalue weighted by Gasteiger charge is -2.32. The van der Waals surface area contributed by atoms with Gasteiger partial charge >= 0.3 is 5.97 Å². The van der Waals surface area contributed by atoms with Crippen molar-refractivity contribution in [1.29, 1.82) is 0 Å². The van der Waals surface area contributed by atoms with Gasteiger partial charge in [0.15, 0.2) is 0 Å². The molecule has 1 N–H and O–H groups in total. The largest absolute Gasteiger partial charge is 0.481 e. The Balaban J connectivity index is 2.16. The summed E-state index contributed by atoms with van der Waals surface area (Å²) in [6, 6.07) is 2.88. The first-order valence-electron chi connectivity index (χ1n) is 4.53. The van der Waals surface area contributed by atoms with Gasteiger partial charge in [-0.25, -0.2) is 4.39 Å². The molecule has 3 nitrogen and oxygen atoms in total. The number of hydrogen-bond acceptors (Lipinski definition) is 2. The molecule has 1 heterocycles. The molecular formula is C10H10FNO2. The van der Waals surface area contributed by atoms with Crippen LogP contribution in [0.15, 0.2) is 18.3 Å². The highest BCUT2D eigenvalue weighted by atomic mass is 19.1. The van der Waals surface area contributed by atoms with Crippen molar-refractivity contribution in [2.24, 2.45) is 5.92 Å². The Labute approximate surface area is 80.6 Å². The Morgan fingerprint density at radius 2 is 2.29 bits per heavy atom. The van der Waals surface area contributed by atoms with Crippen molar-refractivity contribution in [3.63, 3.8) is 0 Å².